The number of methoxy groups -OCH3 is 1. The second-order valence-electron chi connectivity index (χ2n) is 5.93. The molecule has 2 atom stereocenters. The third-order valence-electron chi connectivity index (χ3n) is 4.72. The van der Waals surface area contributed by atoms with Gasteiger partial charge in [0.15, 0.2) is 0 Å². The van der Waals surface area contributed by atoms with Crippen molar-refractivity contribution in [2.45, 2.75) is 33.2 Å². The highest BCUT2D eigenvalue weighted by atomic mass is 79.9. The maximum Gasteiger partial charge on any atom is 0.127 e. The summed E-state index contributed by atoms with van der Waals surface area (Å²) in [5.74, 6) is 1.62. The zero-order chi connectivity index (χ0) is 15.0. The summed E-state index contributed by atoms with van der Waals surface area (Å²) in [6.45, 7) is 8.28. The van der Waals surface area contributed by atoms with E-state index in [0.717, 1.165) is 25.3 Å². The molecule has 0 aromatic heterocycles. The monoisotopic (exact) mass is 340 g/mol. The second-order valence-corrected chi connectivity index (χ2v) is 6.72. The van der Waals surface area contributed by atoms with Crippen LogP contribution in [0.5, 0.6) is 5.75 Å². The van der Waals surface area contributed by atoms with Gasteiger partial charge in [-0.05, 0) is 63.4 Å². The predicted octanol–water partition coefficient (Wildman–Crippen LogP) is 3.33. The van der Waals surface area contributed by atoms with Crippen molar-refractivity contribution in [1.82, 2.24) is 4.90 Å². The highest BCUT2D eigenvalue weighted by Crippen LogP contribution is 2.45. The lowest BCUT2D eigenvalue weighted by atomic mass is 9.91. The summed E-state index contributed by atoms with van der Waals surface area (Å²) in [5, 5.41) is 0. The molecule has 4 heteroatoms. The molecule has 1 heterocycles. The maximum atomic E-state index is 5.86. The minimum Gasteiger partial charge on any atom is -0.496 e. The lowest BCUT2D eigenvalue weighted by Gasteiger charge is -2.27. The van der Waals surface area contributed by atoms with Crippen molar-refractivity contribution in [2.75, 3.05) is 27.2 Å². The summed E-state index contributed by atoms with van der Waals surface area (Å²) in [7, 11) is 3.95. The van der Waals surface area contributed by atoms with Crippen LogP contribution >= 0.6 is 15.9 Å². The molecule has 2 rings (SSSR count). The minimum atomic E-state index is 0.397. The number of halogens is 1. The number of nitrogens with zero attached hydrogens (tertiary/aromatic N) is 1. The van der Waals surface area contributed by atoms with E-state index in [0.29, 0.717) is 12.0 Å². The normalized spacial score (nSPS) is 23.4. The summed E-state index contributed by atoms with van der Waals surface area (Å²) in [6.07, 6.45) is 1.11. The van der Waals surface area contributed by atoms with Gasteiger partial charge in [0.1, 0.15) is 5.75 Å². The summed E-state index contributed by atoms with van der Waals surface area (Å²) in [5.41, 5.74) is 11.0. The van der Waals surface area contributed by atoms with Gasteiger partial charge in [0.25, 0.3) is 0 Å². The van der Waals surface area contributed by atoms with Crippen molar-refractivity contribution < 1.29 is 4.74 Å². The average Bonchev–Trinajstić information content (AvgIpc) is 2.81. The van der Waals surface area contributed by atoms with Crippen LogP contribution in [-0.4, -0.2) is 32.1 Å². The van der Waals surface area contributed by atoms with Gasteiger partial charge in [-0.1, -0.05) is 15.9 Å². The molecule has 1 aliphatic rings. The zero-order valence-corrected chi connectivity index (χ0v) is 14.7. The number of nitrogens with two attached hydrogens (primary N) is 1. The fraction of sp³-hybridized carbons (Fsp3) is 0.625. The van der Waals surface area contributed by atoms with Crippen molar-refractivity contribution in [3.8, 4) is 5.75 Å². The Morgan fingerprint density at radius 2 is 1.90 bits per heavy atom. The summed E-state index contributed by atoms with van der Waals surface area (Å²) >= 11 is 3.74. The van der Waals surface area contributed by atoms with Crippen LogP contribution in [0.1, 0.15) is 34.7 Å². The van der Waals surface area contributed by atoms with Gasteiger partial charge >= 0.3 is 0 Å². The van der Waals surface area contributed by atoms with E-state index in [1.807, 2.05) is 0 Å². The van der Waals surface area contributed by atoms with Gasteiger partial charge in [-0.2, -0.15) is 0 Å². The minimum absolute atomic E-state index is 0.397. The molecule has 20 heavy (non-hydrogen) atoms. The van der Waals surface area contributed by atoms with E-state index in [2.05, 4.69) is 48.6 Å². The average molecular weight is 341 g/mol. The smallest absolute Gasteiger partial charge is 0.127 e. The fourth-order valence-corrected chi connectivity index (χ4v) is 3.90. The van der Waals surface area contributed by atoms with Gasteiger partial charge in [-0.25, -0.2) is 0 Å². The molecule has 2 unspecified atom stereocenters. The van der Waals surface area contributed by atoms with Crippen molar-refractivity contribution in [3.05, 3.63) is 26.7 Å². The molecule has 0 bridgehead atoms. The van der Waals surface area contributed by atoms with Crippen LogP contribution in [0.25, 0.3) is 0 Å². The topological polar surface area (TPSA) is 38.5 Å². The fourth-order valence-electron chi connectivity index (χ4n) is 3.38. The molecular formula is C16H25BrN2O. The van der Waals surface area contributed by atoms with Crippen LogP contribution in [-0.2, 0) is 0 Å². The number of hydrogen-bond donors (Lipinski definition) is 1. The summed E-state index contributed by atoms with van der Waals surface area (Å²) in [6, 6.07) is 0.397. The van der Waals surface area contributed by atoms with E-state index in [-0.39, 0.29) is 0 Å². The Hall–Kier alpha value is -0.580. The Morgan fingerprint density at radius 1 is 1.25 bits per heavy atom. The van der Waals surface area contributed by atoms with Crippen molar-refractivity contribution in [1.29, 1.82) is 0 Å². The van der Waals surface area contributed by atoms with Crippen LogP contribution in [0.15, 0.2) is 4.47 Å². The lowest BCUT2D eigenvalue weighted by Crippen LogP contribution is -2.21. The first-order valence-corrected chi connectivity index (χ1v) is 7.95. The first kappa shape index (κ1) is 15.8. The van der Waals surface area contributed by atoms with Crippen LogP contribution < -0.4 is 10.5 Å². The van der Waals surface area contributed by atoms with Crippen LogP contribution in [0.4, 0.5) is 0 Å². The number of benzene rings is 1. The van der Waals surface area contributed by atoms with Gasteiger partial charge in [-0.3, -0.25) is 4.90 Å². The highest BCUT2D eigenvalue weighted by molar-refractivity contribution is 9.10. The number of rotatable bonds is 3. The Bertz CT molecular complexity index is 516. The van der Waals surface area contributed by atoms with Crippen molar-refractivity contribution >= 4 is 15.9 Å². The predicted molar refractivity (Wildman–Crippen MR) is 87.4 cm³/mol. The molecule has 0 spiro atoms. The quantitative estimate of drug-likeness (QED) is 0.916. The highest BCUT2D eigenvalue weighted by Gasteiger charge is 2.34. The first-order chi connectivity index (χ1) is 9.42. The molecule has 0 radical (unpaired) electrons. The van der Waals surface area contributed by atoms with Crippen LogP contribution in [0.3, 0.4) is 0 Å². The Kier molecular flexibility index (Phi) is 4.77. The van der Waals surface area contributed by atoms with E-state index in [1.165, 1.54) is 26.7 Å². The molecule has 1 fully saturated rings. The van der Waals surface area contributed by atoms with E-state index < -0.39 is 0 Å². The third-order valence-corrected chi connectivity index (χ3v) is 5.91. The van der Waals surface area contributed by atoms with Gasteiger partial charge < -0.3 is 10.5 Å². The Balaban J connectivity index is 2.56. The van der Waals surface area contributed by atoms with Gasteiger partial charge in [0, 0.05) is 22.6 Å². The van der Waals surface area contributed by atoms with Crippen molar-refractivity contribution in [3.63, 3.8) is 0 Å². The lowest BCUT2D eigenvalue weighted by molar-refractivity contribution is 0.301. The maximum absolute atomic E-state index is 5.86. The van der Waals surface area contributed by atoms with Gasteiger partial charge in [0.2, 0.25) is 0 Å². The van der Waals surface area contributed by atoms with E-state index >= 15 is 0 Å². The standard InChI is InChI=1S/C16H25BrN2O/c1-9-10(2)16(20-5)14(11(3)15(9)17)13-6-12(7-18)8-19(13)4/h12-13H,6-8,18H2,1-5H3. The molecule has 0 amide bonds. The van der Waals surface area contributed by atoms with E-state index in [4.69, 9.17) is 10.5 Å². The third kappa shape index (κ3) is 2.49. The largest absolute Gasteiger partial charge is 0.496 e. The molecule has 1 aliphatic heterocycles. The zero-order valence-electron chi connectivity index (χ0n) is 13.1. The molecular weight excluding hydrogens is 316 g/mol. The van der Waals surface area contributed by atoms with E-state index in [1.54, 1.807) is 7.11 Å². The molecule has 3 nitrogen and oxygen atoms in total. The molecule has 1 saturated heterocycles. The van der Waals surface area contributed by atoms with Crippen molar-refractivity contribution in [2.24, 2.45) is 11.7 Å². The molecule has 1 aromatic carbocycles. The SMILES string of the molecule is COc1c(C)c(C)c(Br)c(C)c1C1CC(CN)CN1C. The molecule has 112 valence electrons. The van der Waals surface area contributed by atoms with Gasteiger partial charge in [0.05, 0.1) is 7.11 Å². The second kappa shape index (κ2) is 6.04. The molecule has 0 aliphatic carbocycles. The Labute approximate surface area is 130 Å². The molecule has 2 N–H and O–H groups in total. The first-order valence-electron chi connectivity index (χ1n) is 7.15. The number of ether oxygens (including phenoxy) is 1. The number of hydrogen-bond acceptors (Lipinski definition) is 3. The van der Waals surface area contributed by atoms with Crippen LogP contribution in [0, 0.1) is 26.7 Å². The van der Waals surface area contributed by atoms with E-state index in [9.17, 15) is 0 Å². The van der Waals surface area contributed by atoms with Crippen LogP contribution in [0.2, 0.25) is 0 Å². The van der Waals surface area contributed by atoms with Gasteiger partial charge in [-0.15, -0.1) is 0 Å². The Morgan fingerprint density at radius 3 is 2.40 bits per heavy atom. The number of likely N-dealkylation sites (tertiary alicyclic amines) is 1. The summed E-state index contributed by atoms with van der Waals surface area (Å²) in [4.78, 5) is 2.41. The molecule has 0 saturated carbocycles. The summed E-state index contributed by atoms with van der Waals surface area (Å²) < 4.78 is 6.95. The molecule has 1 aromatic rings.